The van der Waals surface area contributed by atoms with Gasteiger partial charge in [0.15, 0.2) is 0 Å². The molecule has 0 spiro atoms. The van der Waals surface area contributed by atoms with E-state index >= 15 is 0 Å². The Bertz CT molecular complexity index is 542. The number of nitrogens with zero attached hydrogens (tertiary/aromatic N) is 2. The molecule has 4 nitrogen and oxygen atoms in total. The van der Waals surface area contributed by atoms with Gasteiger partial charge in [0.05, 0.1) is 11.9 Å². The molecule has 0 saturated heterocycles. The molecule has 0 bridgehead atoms. The number of amides is 1. The van der Waals surface area contributed by atoms with Gasteiger partial charge < -0.3 is 9.88 Å². The molecule has 2 rings (SSSR count). The van der Waals surface area contributed by atoms with Crippen molar-refractivity contribution in [1.29, 1.82) is 0 Å². The molecule has 0 aliphatic rings. The fourth-order valence-corrected chi connectivity index (χ4v) is 1.66. The van der Waals surface area contributed by atoms with Crippen molar-refractivity contribution in [3.63, 3.8) is 0 Å². The van der Waals surface area contributed by atoms with Crippen LogP contribution in [0.15, 0.2) is 36.9 Å². The van der Waals surface area contributed by atoms with Gasteiger partial charge >= 0.3 is 0 Å². The first-order valence-electron chi connectivity index (χ1n) is 5.36. The molecule has 1 aromatic carbocycles. The highest BCUT2D eigenvalue weighted by atomic mass is 35.5. The molecule has 18 heavy (non-hydrogen) atoms. The number of carbonyl (C=O) groups is 1. The van der Waals surface area contributed by atoms with Crippen molar-refractivity contribution in [3.05, 3.63) is 53.3 Å². The molecule has 2 aromatic rings. The minimum atomic E-state index is -0.584. The Labute approximate surface area is 108 Å². The normalized spacial score (nSPS) is 10.3. The Balaban J connectivity index is 1.93. The van der Waals surface area contributed by atoms with Crippen molar-refractivity contribution in [3.8, 4) is 0 Å². The summed E-state index contributed by atoms with van der Waals surface area (Å²) in [5.41, 5.74) is -0.0480. The van der Waals surface area contributed by atoms with Crippen molar-refractivity contribution in [2.45, 2.75) is 6.54 Å². The number of carbonyl (C=O) groups excluding carboxylic acids is 1. The number of imidazole rings is 1. The number of nitrogens with one attached hydrogen (secondary N) is 1. The molecule has 1 heterocycles. The summed E-state index contributed by atoms with van der Waals surface area (Å²) >= 11 is 5.72. The summed E-state index contributed by atoms with van der Waals surface area (Å²) < 4.78 is 15.2. The van der Waals surface area contributed by atoms with Crippen LogP contribution < -0.4 is 5.32 Å². The van der Waals surface area contributed by atoms with Gasteiger partial charge in [0.25, 0.3) is 5.91 Å². The second kappa shape index (κ2) is 5.64. The van der Waals surface area contributed by atoms with Gasteiger partial charge in [0.2, 0.25) is 0 Å². The quantitative estimate of drug-likeness (QED) is 0.922. The lowest BCUT2D eigenvalue weighted by Crippen LogP contribution is -2.27. The predicted molar refractivity (Wildman–Crippen MR) is 66.0 cm³/mol. The molecule has 0 fully saturated rings. The second-order valence-corrected chi connectivity index (χ2v) is 4.12. The van der Waals surface area contributed by atoms with Crippen LogP contribution >= 0.6 is 11.6 Å². The van der Waals surface area contributed by atoms with E-state index in [-0.39, 0.29) is 5.56 Å². The van der Waals surface area contributed by atoms with Crippen LogP contribution in [-0.2, 0) is 6.54 Å². The molecule has 0 saturated carbocycles. The SMILES string of the molecule is O=C(NCCn1ccnc1)c1cc(Cl)ccc1F. The predicted octanol–water partition coefficient (Wildman–Crippen LogP) is 2.11. The van der Waals surface area contributed by atoms with Crippen LogP contribution in [-0.4, -0.2) is 22.0 Å². The maximum Gasteiger partial charge on any atom is 0.254 e. The van der Waals surface area contributed by atoms with Gasteiger partial charge in [-0.2, -0.15) is 0 Å². The number of hydrogen-bond acceptors (Lipinski definition) is 2. The maximum absolute atomic E-state index is 13.4. The highest BCUT2D eigenvalue weighted by molar-refractivity contribution is 6.30. The molecule has 94 valence electrons. The summed E-state index contributed by atoms with van der Waals surface area (Å²) in [6, 6.07) is 3.88. The first kappa shape index (κ1) is 12.6. The Hall–Kier alpha value is -1.88. The van der Waals surface area contributed by atoms with E-state index in [0.29, 0.717) is 18.1 Å². The summed E-state index contributed by atoms with van der Waals surface area (Å²) in [7, 11) is 0. The van der Waals surface area contributed by atoms with Crippen LogP contribution in [0.5, 0.6) is 0 Å². The first-order chi connectivity index (χ1) is 8.66. The van der Waals surface area contributed by atoms with Gasteiger partial charge in [-0.3, -0.25) is 4.79 Å². The van der Waals surface area contributed by atoms with Crippen molar-refractivity contribution >= 4 is 17.5 Å². The molecule has 0 aliphatic heterocycles. The summed E-state index contributed by atoms with van der Waals surface area (Å²) in [5.74, 6) is -1.06. The average molecular weight is 268 g/mol. The van der Waals surface area contributed by atoms with Gasteiger partial charge in [-0.25, -0.2) is 9.37 Å². The van der Waals surface area contributed by atoms with E-state index in [9.17, 15) is 9.18 Å². The van der Waals surface area contributed by atoms with Crippen LogP contribution in [0.4, 0.5) is 4.39 Å². The van der Waals surface area contributed by atoms with E-state index in [2.05, 4.69) is 10.3 Å². The summed E-state index contributed by atoms with van der Waals surface area (Å²) in [4.78, 5) is 15.6. The molecule has 1 aromatic heterocycles. The number of halogens is 2. The van der Waals surface area contributed by atoms with E-state index in [0.717, 1.165) is 0 Å². The minimum absolute atomic E-state index is 0.0480. The van der Waals surface area contributed by atoms with Gasteiger partial charge in [0.1, 0.15) is 5.82 Å². The zero-order valence-electron chi connectivity index (χ0n) is 9.44. The fourth-order valence-electron chi connectivity index (χ4n) is 1.48. The minimum Gasteiger partial charge on any atom is -0.350 e. The van der Waals surface area contributed by atoms with E-state index in [4.69, 9.17) is 11.6 Å². The largest absolute Gasteiger partial charge is 0.350 e. The lowest BCUT2D eigenvalue weighted by atomic mass is 10.2. The number of hydrogen-bond donors (Lipinski definition) is 1. The highest BCUT2D eigenvalue weighted by Gasteiger charge is 2.11. The Morgan fingerprint density at radius 1 is 1.50 bits per heavy atom. The second-order valence-electron chi connectivity index (χ2n) is 3.68. The zero-order valence-corrected chi connectivity index (χ0v) is 10.2. The van der Waals surface area contributed by atoms with Gasteiger partial charge in [-0.05, 0) is 18.2 Å². The lowest BCUT2D eigenvalue weighted by Gasteiger charge is -2.07. The van der Waals surface area contributed by atoms with Gasteiger partial charge in [0, 0.05) is 30.5 Å². The van der Waals surface area contributed by atoms with Crippen molar-refractivity contribution in [2.24, 2.45) is 0 Å². The summed E-state index contributed by atoms with van der Waals surface area (Å²) in [6.45, 7) is 0.967. The van der Waals surface area contributed by atoms with Crippen molar-refractivity contribution in [1.82, 2.24) is 14.9 Å². The van der Waals surface area contributed by atoms with Gasteiger partial charge in [-0.15, -0.1) is 0 Å². The highest BCUT2D eigenvalue weighted by Crippen LogP contribution is 2.14. The fraction of sp³-hybridized carbons (Fsp3) is 0.167. The van der Waals surface area contributed by atoms with E-state index in [1.54, 1.807) is 18.7 Å². The molecule has 1 amide bonds. The topological polar surface area (TPSA) is 46.9 Å². The maximum atomic E-state index is 13.4. The third-order valence-corrected chi connectivity index (χ3v) is 2.62. The van der Waals surface area contributed by atoms with Crippen LogP contribution in [0.2, 0.25) is 5.02 Å². The Kier molecular flexibility index (Phi) is 3.94. The summed E-state index contributed by atoms with van der Waals surface area (Å²) in [6.07, 6.45) is 5.08. The molecule has 0 aliphatic carbocycles. The van der Waals surface area contributed by atoms with Crippen molar-refractivity contribution in [2.75, 3.05) is 6.54 Å². The average Bonchev–Trinajstić information content (AvgIpc) is 2.85. The lowest BCUT2D eigenvalue weighted by molar-refractivity contribution is 0.0948. The van der Waals surface area contributed by atoms with Crippen LogP contribution in [0.25, 0.3) is 0 Å². The van der Waals surface area contributed by atoms with Crippen LogP contribution in [0, 0.1) is 5.82 Å². The molecule has 0 radical (unpaired) electrons. The molecular formula is C12H11ClFN3O. The smallest absolute Gasteiger partial charge is 0.254 e. The van der Waals surface area contributed by atoms with E-state index in [1.807, 2.05) is 4.57 Å². The Morgan fingerprint density at radius 2 is 2.33 bits per heavy atom. The number of aromatic nitrogens is 2. The standard InChI is InChI=1S/C12H11ClFN3O/c13-9-1-2-11(14)10(7-9)12(18)16-4-6-17-5-3-15-8-17/h1-3,5,7-8H,4,6H2,(H,16,18). The monoisotopic (exact) mass is 267 g/mol. The van der Waals surface area contributed by atoms with Crippen molar-refractivity contribution < 1.29 is 9.18 Å². The molecular weight excluding hydrogens is 257 g/mol. The molecule has 6 heteroatoms. The van der Waals surface area contributed by atoms with Crippen LogP contribution in [0.3, 0.4) is 0 Å². The molecule has 1 N–H and O–H groups in total. The van der Waals surface area contributed by atoms with Crippen LogP contribution in [0.1, 0.15) is 10.4 Å². The number of rotatable bonds is 4. The molecule has 0 atom stereocenters. The van der Waals surface area contributed by atoms with Gasteiger partial charge in [-0.1, -0.05) is 11.6 Å². The van der Waals surface area contributed by atoms with E-state index < -0.39 is 11.7 Å². The Morgan fingerprint density at radius 3 is 3.06 bits per heavy atom. The zero-order chi connectivity index (χ0) is 13.0. The number of benzene rings is 1. The third-order valence-electron chi connectivity index (χ3n) is 2.39. The third kappa shape index (κ3) is 3.07. The molecule has 0 unspecified atom stereocenters. The van der Waals surface area contributed by atoms with E-state index in [1.165, 1.54) is 18.2 Å². The summed E-state index contributed by atoms with van der Waals surface area (Å²) in [5, 5.41) is 2.95. The first-order valence-corrected chi connectivity index (χ1v) is 5.73.